The lowest BCUT2D eigenvalue weighted by molar-refractivity contribution is -0.121. The van der Waals surface area contributed by atoms with Crippen molar-refractivity contribution >= 4 is 35.0 Å². The number of carbonyl (C=O) groups excluding carboxylic acids is 2. The topological polar surface area (TPSA) is 71.1 Å². The van der Waals surface area contributed by atoms with Crippen LogP contribution in [0.15, 0.2) is 12.3 Å². The fourth-order valence-electron chi connectivity index (χ4n) is 1.39. The first-order valence-corrected chi connectivity index (χ1v) is 7.08. The lowest BCUT2D eigenvalue weighted by Crippen LogP contribution is -2.35. The van der Waals surface area contributed by atoms with E-state index in [-0.39, 0.29) is 41.0 Å². The van der Waals surface area contributed by atoms with Crippen molar-refractivity contribution in [2.75, 3.05) is 6.54 Å². The summed E-state index contributed by atoms with van der Waals surface area (Å²) in [5.41, 5.74) is 0.307. The van der Waals surface area contributed by atoms with Gasteiger partial charge in [0.15, 0.2) is 0 Å². The Hall–Kier alpha value is -1.33. The molecule has 5 nitrogen and oxygen atoms in total. The first kappa shape index (κ1) is 16.7. The van der Waals surface area contributed by atoms with E-state index in [0.29, 0.717) is 5.56 Å². The number of amides is 2. The van der Waals surface area contributed by atoms with E-state index < -0.39 is 0 Å². The van der Waals surface area contributed by atoms with Crippen LogP contribution in [0, 0.1) is 0 Å². The van der Waals surface area contributed by atoms with Gasteiger partial charge in [0.25, 0.3) is 5.91 Å². The lowest BCUT2D eigenvalue weighted by atomic mass is 10.2. The number of aromatic nitrogens is 1. The first-order valence-electron chi connectivity index (χ1n) is 6.32. The summed E-state index contributed by atoms with van der Waals surface area (Å²) in [7, 11) is 0. The predicted octanol–water partition coefficient (Wildman–Crippen LogP) is 2.42. The molecule has 0 radical (unpaired) electrons. The van der Waals surface area contributed by atoms with Gasteiger partial charge in [0.2, 0.25) is 5.91 Å². The standard InChI is InChI=1S/C13H17Cl2N3O2/c1-3-8(2)18-11(19)4-5-16-13(20)9-6-10(14)12(15)17-7-9/h6-8H,3-5H2,1-2H3,(H,16,20)(H,18,19). The van der Waals surface area contributed by atoms with E-state index in [0.717, 1.165) is 6.42 Å². The van der Waals surface area contributed by atoms with Crippen LogP contribution in [0.4, 0.5) is 0 Å². The van der Waals surface area contributed by atoms with Crippen molar-refractivity contribution in [2.24, 2.45) is 0 Å². The van der Waals surface area contributed by atoms with Gasteiger partial charge in [-0.1, -0.05) is 30.1 Å². The Labute approximate surface area is 128 Å². The fraction of sp³-hybridized carbons (Fsp3) is 0.462. The molecule has 0 spiro atoms. The molecule has 1 unspecified atom stereocenters. The van der Waals surface area contributed by atoms with Crippen LogP contribution in [-0.4, -0.2) is 29.4 Å². The smallest absolute Gasteiger partial charge is 0.252 e. The summed E-state index contributed by atoms with van der Waals surface area (Å²) in [6.45, 7) is 4.17. The third-order valence-corrected chi connectivity index (χ3v) is 3.40. The molecule has 0 saturated carbocycles. The van der Waals surface area contributed by atoms with Crippen molar-refractivity contribution in [3.05, 3.63) is 28.0 Å². The molecule has 0 aliphatic heterocycles. The molecule has 2 N–H and O–H groups in total. The monoisotopic (exact) mass is 317 g/mol. The molecule has 110 valence electrons. The average molecular weight is 318 g/mol. The Morgan fingerprint density at radius 2 is 2.10 bits per heavy atom. The van der Waals surface area contributed by atoms with E-state index in [1.165, 1.54) is 12.3 Å². The zero-order chi connectivity index (χ0) is 15.1. The van der Waals surface area contributed by atoms with Gasteiger partial charge in [0.05, 0.1) is 10.6 Å². The average Bonchev–Trinajstić information content (AvgIpc) is 2.41. The second kappa shape index (κ2) is 8.07. The maximum atomic E-state index is 11.8. The number of halogens is 2. The third-order valence-electron chi connectivity index (χ3n) is 2.72. The van der Waals surface area contributed by atoms with Gasteiger partial charge in [-0.3, -0.25) is 9.59 Å². The summed E-state index contributed by atoms with van der Waals surface area (Å²) in [5, 5.41) is 5.81. The highest BCUT2D eigenvalue weighted by Crippen LogP contribution is 2.19. The highest BCUT2D eigenvalue weighted by Gasteiger charge is 2.10. The Balaban J connectivity index is 2.40. The largest absolute Gasteiger partial charge is 0.354 e. The third kappa shape index (κ3) is 5.35. The minimum atomic E-state index is -0.340. The molecule has 0 saturated heterocycles. The van der Waals surface area contributed by atoms with Gasteiger partial charge < -0.3 is 10.6 Å². The van der Waals surface area contributed by atoms with Crippen LogP contribution >= 0.6 is 23.2 Å². The Morgan fingerprint density at radius 1 is 1.40 bits per heavy atom. The summed E-state index contributed by atoms with van der Waals surface area (Å²) in [5.74, 6) is -0.431. The van der Waals surface area contributed by atoms with Crippen LogP contribution in [0.25, 0.3) is 0 Å². The number of pyridine rings is 1. The Kier molecular flexibility index (Phi) is 6.75. The summed E-state index contributed by atoms with van der Waals surface area (Å²) in [6, 6.07) is 1.57. The van der Waals surface area contributed by atoms with Crippen LogP contribution in [-0.2, 0) is 4.79 Å². The zero-order valence-corrected chi connectivity index (χ0v) is 12.9. The van der Waals surface area contributed by atoms with E-state index in [1.54, 1.807) is 0 Å². The van der Waals surface area contributed by atoms with Crippen molar-refractivity contribution in [2.45, 2.75) is 32.7 Å². The van der Waals surface area contributed by atoms with Crippen molar-refractivity contribution in [3.63, 3.8) is 0 Å². The van der Waals surface area contributed by atoms with Gasteiger partial charge in [0, 0.05) is 25.2 Å². The van der Waals surface area contributed by atoms with E-state index in [2.05, 4.69) is 15.6 Å². The van der Waals surface area contributed by atoms with E-state index >= 15 is 0 Å². The molecule has 0 bridgehead atoms. The molecule has 1 heterocycles. The molecule has 2 amide bonds. The number of hydrogen-bond acceptors (Lipinski definition) is 3. The van der Waals surface area contributed by atoms with Crippen LogP contribution < -0.4 is 10.6 Å². The maximum Gasteiger partial charge on any atom is 0.252 e. The van der Waals surface area contributed by atoms with Gasteiger partial charge in [-0.2, -0.15) is 0 Å². The highest BCUT2D eigenvalue weighted by atomic mass is 35.5. The van der Waals surface area contributed by atoms with E-state index in [1.807, 2.05) is 13.8 Å². The second-order valence-electron chi connectivity index (χ2n) is 4.38. The molecular weight excluding hydrogens is 301 g/mol. The van der Waals surface area contributed by atoms with Crippen LogP contribution in [0.1, 0.15) is 37.0 Å². The summed E-state index contributed by atoms with van der Waals surface area (Å²) >= 11 is 11.4. The van der Waals surface area contributed by atoms with Crippen LogP contribution in [0.2, 0.25) is 10.2 Å². The number of carbonyl (C=O) groups is 2. The Bertz CT molecular complexity index is 495. The minimum absolute atomic E-state index is 0.0908. The lowest BCUT2D eigenvalue weighted by Gasteiger charge is -2.11. The highest BCUT2D eigenvalue weighted by molar-refractivity contribution is 6.41. The predicted molar refractivity (Wildman–Crippen MR) is 79.1 cm³/mol. The minimum Gasteiger partial charge on any atom is -0.354 e. The summed E-state index contributed by atoms with van der Waals surface area (Å²) in [6.07, 6.45) is 2.43. The maximum absolute atomic E-state index is 11.8. The Morgan fingerprint density at radius 3 is 2.70 bits per heavy atom. The van der Waals surface area contributed by atoms with Gasteiger partial charge in [0.1, 0.15) is 5.15 Å². The molecule has 1 aromatic rings. The number of rotatable bonds is 6. The fourth-order valence-corrected chi connectivity index (χ4v) is 1.66. The molecule has 1 aromatic heterocycles. The van der Waals surface area contributed by atoms with Crippen molar-refractivity contribution in [3.8, 4) is 0 Å². The van der Waals surface area contributed by atoms with E-state index in [4.69, 9.17) is 23.2 Å². The number of hydrogen-bond donors (Lipinski definition) is 2. The van der Waals surface area contributed by atoms with E-state index in [9.17, 15) is 9.59 Å². The van der Waals surface area contributed by atoms with Crippen molar-refractivity contribution in [1.82, 2.24) is 15.6 Å². The molecule has 1 atom stereocenters. The first-order chi connectivity index (χ1) is 9.43. The summed E-state index contributed by atoms with van der Waals surface area (Å²) < 4.78 is 0. The number of nitrogens with one attached hydrogen (secondary N) is 2. The SMILES string of the molecule is CCC(C)NC(=O)CCNC(=O)c1cnc(Cl)c(Cl)c1. The zero-order valence-electron chi connectivity index (χ0n) is 11.4. The molecule has 0 aliphatic carbocycles. The molecule has 1 rings (SSSR count). The molecule has 7 heteroatoms. The molecule has 0 aromatic carbocycles. The number of nitrogens with zero attached hydrogens (tertiary/aromatic N) is 1. The van der Waals surface area contributed by atoms with Crippen molar-refractivity contribution in [1.29, 1.82) is 0 Å². The van der Waals surface area contributed by atoms with Gasteiger partial charge in [-0.15, -0.1) is 0 Å². The van der Waals surface area contributed by atoms with Gasteiger partial charge >= 0.3 is 0 Å². The normalized spacial score (nSPS) is 11.8. The summed E-state index contributed by atoms with van der Waals surface area (Å²) in [4.78, 5) is 27.1. The molecule has 20 heavy (non-hydrogen) atoms. The molecule has 0 fully saturated rings. The van der Waals surface area contributed by atoms with Crippen LogP contribution in [0.5, 0.6) is 0 Å². The molecule has 0 aliphatic rings. The quantitative estimate of drug-likeness (QED) is 0.791. The van der Waals surface area contributed by atoms with Crippen molar-refractivity contribution < 1.29 is 9.59 Å². The van der Waals surface area contributed by atoms with Crippen LogP contribution in [0.3, 0.4) is 0 Å². The van der Waals surface area contributed by atoms with Gasteiger partial charge in [-0.05, 0) is 19.4 Å². The van der Waals surface area contributed by atoms with Gasteiger partial charge in [-0.25, -0.2) is 4.98 Å². The molecular formula is C13H17Cl2N3O2. The second-order valence-corrected chi connectivity index (χ2v) is 5.14.